The van der Waals surface area contributed by atoms with Crippen LogP contribution in [0.1, 0.15) is 76.1 Å². The van der Waals surface area contributed by atoms with E-state index in [4.69, 9.17) is 14.5 Å². The van der Waals surface area contributed by atoms with E-state index < -0.39 is 6.10 Å². The second kappa shape index (κ2) is 16.7. The Balaban J connectivity index is 0.00000134. The number of hydrogen-bond donors (Lipinski definition) is 2. The Morgan fingerprint density at radius 1 is 1.07 bits per heavy atom. The zero-order chi connectivity index (χ0) is 29.7. The minimum atomic E-state index is -0.501. The molecule has 1 atom stereocenters. The zero-order valence-corrected chi connectivity index (χ0v) is 25.3. The Hall–Kier alpha value is -3.30. The maximum atomic E-state index is 14.1. The molecule has 0 radical (unpaired) electrons. The number of carbonyl (C=O) groups is 1. The quantitative estimate of drug-likeness (QED) is 0.321. The van der Waals surface area contributed by atoms with Crippen molar-refractivity contribution in [3.05, 3.63) is 59.0 Å². The summed E-state index contributed by atoms with van der Waals surface area (Å²) < 4.78 is 25.7. The average Bonchev–Trinajstić information content (AvgIpc) is 2.98. The number of benzene rings is 2. The molecular formula is C31H46FN5O3. The summed E-state index contributed by atoms with van der Waals surface area (Å²) in [5.74, 6) is 0.627. The van der Waals surface area contributed by atoms with Gasteiger partial charge < -0.3 is 25.0 Å². The molecule has 0 saturated carbocycles. The van der Waals surface area contributed by atoms with Gasteiger partial charge in [-0.25, -0.2) is 9.37 Å². The first-order valence-corrected chi connectivity index (χ1v) is 14.4. The van der Waals surface area contributed by atoms with E-state index in [2.05, 4.69) is 34.4 Å². The van der Waals surface area contributed by atoms with E-state index in [0.29, 0.717) is 65.8 Å². The number of ether oxygens (including phenoxy) is 2. The van der Waals surface area contributed by atoms with E-state index in [1.165, 1.54) is 6.07 Å². The molecule has 3 aromatic rings. The van der Waals surface area contributed by atoms with Crippen LogP contribution >= 0.6 is 0 Å². The van der Waals surface area contributed by atoms with Gasteiger partial charge in [-0.15, -0.1) is 0 Å². The molecule has 1 unspecified atom stereocenters. The fourth-order valence-corrected chi connectivity index (χ4v) is 4.07. The molecule has 0 spiro atoms. The molecule has 9 heteroatoms. The van der Waals surface area contributed by atoms with Crippen LogP contribution in [0.25, 0.3) is 11.0 Å². The molecule has 40 heavy (non-hydrogen) atoms. The van der Waals surface area contributed by atoms with E-state index in [-0.39, 0.29) is 11.7 Å². The van der Waals surface area contributed by atoms with Crippen LogP contribution < -0.4 is 20.3 Å². The van der Waals surface area contributed by atoms with Crippen molar-refractivity contribution in [1.29, 1.82) is 0 Å². The van der Waals surface area contributed by atoms with Crippen molar-refractivity contribution in [3.63, 3.8) is 0 Å². The summed E-state index contributed by atoms with van der Waals surface area (Å²) in [6.45, 7) is 19.6. The molecule has 220 valence electrons. The molecule has 0 aliphatic carbocycles. The largest absolute Gasteiger partial charge is 0.486 e. The highest BCUT2D eigenvalue weighted by molar-refractivity contribution is 5.98. The number of rotatable bonds is 9. The fourth-order valence-electron chi connectivity index (χ4n) is 4.07. The molecule has 2 N–H and O–H groups in total. The van der Waals surface area contributed by atoms with Crippen LogP contribution in [0.2, 0.25) is 0 Å². The lowest BCUT2D eigenvalue weighted by Gasteiger charge is -2.28. The average molecular weight is 556 g/mol. The predicted molar refractivity (Wildman–Crippen MR) is 161 cm³/mol. The van der Waals surface area contributed by atoms with Crippen molar-refractivity contribution in [3.8, 4) is 5.75 Å². The smallest absolute Gasteiger partial charge is 0.251 e. The van der Waals surface area contributed by atoms with Gasteiger partial charge >= 0.3 is 0 Å². The summed E-state index contributed by atoms with van der Waals surface area (Å²) in [6.07, 6.45) is 1.23. The van der Waals surface area contributed by atoms with Crippen LogP contribution in [-0.4, -0.2) is 61.3 Å². The van der Waals surface area contributed by atoms with Gasteiger partial charge in [0, 0.05) is 49.4 Å². The summed E-state index contributed by atoms with van der Waals surface area (Å²) in [4.78, 5) is 24.6. The van der Waals surface area contributed by atoms with Gasteiger partial charge in [0.15, 0.2) is 0 Å². The van der Waals surface area contributed by atoms with Gasteiger partial charge in [0.1, 0.15) is 23.5 Å². The lowest BCUT2D eigenvalue weighted by molar-refractivity contribution is 0.0953. The monoisotopic (exact) mass is 555 g/mol. The molecule has 2 heterocycles. The molecule has 1 amide bonds. The second-order valence-corrected chi connectivity index (χ2v) is 9.30. The Kier molecular flexibility index (Phi) is 13.8. The molecule has 1 saturated heterocycles. The summed E-state index contributed by atoms with van der Waals surface area (Å²) in [5.41, 5.74) is 2.98. The molecule has 1 aliphatic rings. The lowest BCUT2D eigenvalue weighted by atomic mass is 10.0. The van der Waals surface area contributed by atoms with Gasteiger partial charge in [-0.05, 0) is 37.6 Å². The second-order valence-electron chi connectivity index (χ2n) is 9.30. The van der Waals surface area contributed by atoms with Crippen LogP contribution in [0.4, 0.5) is 10.2 Å². The molecule has 2 aromatic carbocycles. The standard InChI is InChI=1S/C27H34FN5O3.2C2H6/c1-17(2)29-7-8-30-27(34)20-13-22(19(4)36-21-6-5-18(3)23(28)15-21)26-24(14-20)31-16-25(32-26)33-9-11-35-12-10-33;2*1-2/h5-6,13-17,19,29H,7-12H2,1-4H3,(H,30,34);2*1-2H3. The van der Waals surface area contributed by atoms with Gasteiger partial charge in [-0.1, -0.05) is 47.6 Å². The van der Waals surface area contributed by atoms with E-state index in [9.17, 15) is 9.18 Å². The molecule has 0 bridgehead atoms. The Morgan fingerprint density at radius 3 is 2.42 bits per heavy atom. The number of aryl methyl sites for hydroxylation is 1. The molecule has 1 fully saturated rings. The van der Waals surface area contributed by atoms with Crippen molar-refractivity contribution < 1.29 is 18.7 Å². The topological polar surface area (TPSA) is 88.6 Å². The molecule has 8 nitrogen and oxygen atoms in total. The van der Waals surface area contributed by atoms with Crippen molar-refractivity contribution in [2.45, 2.75) is 67.5 Å². The molecular weight excluding hydrogens is 509 g/mol. The highest BCUT2D eigenvalue weighted by atomic mass is 19.1. The minimum absolute atomic E-state index is 0.198. The van der Waals surface area contributed by atoms with Gasteiger partial charge in [0.25, 0.3) is 5.91 Å². The maximum absolute atomic E-state index is 14.1. The molecule has 4 rings (SSSR count). The van der Waals surface area contributed by atoms with Crippen molar-refractivity contribution in [2.75, 3.05) is 44.3 Å². The van der Waals surface area contributed by atoms with Crippen LogP contribution in [-0.2, 0) is 4.74 Å². The lowest BCUT2D eigenvalue weighted by Crippen LogP contribution is -2.36. The predicted octanol–water partition coefficient (Wildman–Crippen LogP) is 5.83. The Bertz CT molecular complexity index is 1220. The number of anilines is 1. The number of morpholine rings is 1. The first-order chi connectivity index (χ1) is 19.3. The molecule has 1 aliphatic heterocycles. The van der Waals surface area contributed by atoms with Gasteiger partial charge in [-0.3, -0.25) is 9.78 Å². The number of carbonyl (C=O) groups excluding carboxylic acids is 1. The van der Waals surface area contributed by atoms with Crippen LogP contribution in [0.3, 0.4) is 0 Å². The highest BCUT2D eigenvalue weighted by Crippen LogP contribution is 2.30. The number of aromatic nitrogens is 2. The zero-order valence-electron chi connectivity index (χ0n) is 25.3. The number of fused-ring (bicyclic) bond motifs is 1. The van der Waals surface area contributed by atoms with Gasteiger partial charge in [0.2, 0.25) is 0 Å². The first kappa shape index (κ1) is 32.9. The van der Waals surface area contributed by atoms with Crippen molar-refractivity contribution in [2.24, 2.45) is 0 Å². The van der Waals surface area contributed by atoms with E-state index >= 15 is 0 Å². The summed E-state index contributed by atoms with van der Waals surface area (Å²) in [6, 6.07) is 8.67. The van der Waals surface area contributed by atoms with Crippen molar-refractivity contribution >= 4 is 22.8 Å². The number of halogens is 1. The third kappa shape index (κ3) is 9.13. The van der Waals surface area contributed by atoms with E-state index in [0.717, 1.165) is 18.9 Å². The summed E-state index contributed by atoms with van der Waals surface area (Å²) in [7, 11) is 0. The Morgan fingerprint density at radius 2 is 1.77 bits per heavy atom. The number of nitrogens with zero attached hydrogens (tertiary/aromatic N) is 3. The minimum Gasteiger partial charge on any atom is -0.486 e. The van der Waals surface area contributed by atoms with E-state index in [1.807, 2.05) is 34.6 Å². The van der Waals surface area contributed by atoms with E-state index in [1.54, 1.807) is 37.4 Å². The SMILES string of the molecule is CC.CC.Cc1ccc(OC(C)c2cc(C(=O)NCCNC(C)C)cc3ncc(N4CCOCC4)nc23)cc1F. The highest BCUT2D eigenvalue weighted by Gasteiger charge is 2.20. The summed E-state index contributed by atoms with van der Waals surface area (Å²) in [5, 5.41) is 6.23. The number of amides is 1. The van der Waals surface area contributed by atoms with Crippen LogP contribution in [0, 0.1) is 12.7 Å². The number of nitrogens with one attached hydrogen (secondary N) is 2. The number of hydrogen-bond acceptors (Lipinski definition) is 7. The Labute approximate surface area is 238 Å². The summed E-state index contributed by atoms with van der Waals surface area (Å²) >= 11 is 0. The first-order valence-electron chi connectivity index (χ1n) is 14.4. The fraction of sp³-hybridized carbons (Fsp3) is 0.516. The van der Waals surface area contributed by atoms with Gasteiger partial charge in [-0.2, -0.15) is 0 Å². The van der Waals surface area contributed by atoms with Gasteiger partial charge in [0.05, 0.1) is 30.4 Å². The maximum Gasteiger partial charge on any atom is 0.251 e. The third-order valence-corrected chi connectivity index (χ3v) is 6.12. The van der Waals surface area contributed by atoms with Crippen LogP contribution in [0.15, 0.2) is 36.5 Å². The van der Waals surface area contributed by atoms with Crippen molar-refractivity contribution in [1.82, 2.24) is 20.6 Å². The normalized spacial score (nSPS) is 13.6. The van der Waals surface area contributed by atoms with Crippen LogP contribution in [0.5, 0.6) is 5.75 Å². The third-order valence-electron chi connectivity index (χ3n) is 6.12. The molecule has 1 aromatic heterocycles.